The largest absolute Gasteiger partial charge is 0.269 e. The molecular weight excluding hydrogens is 174 g/mol. The van der Waals surface area contributed by atoms with Crippen LogP contribution in [-0.2, 0) is 9.13 Å². The Kier molecular flexibility index (Phi) is 2.47. The van der Waals surface area contributed by atoms with Gasteiger partial charge in [-0.25, -0.2) is 0 Å². The molecule has 9 heavy (non-hydrogen) atoms. The van der Waals surface area contributed by atoms with Crippen LogP contribution in [0.5, 0.6) is 0 Å². The van der Waals surface area contributed by atoms with Crippen molar-refractivity contribution < 1.29 is 9.13 Å². The van der Waals surface area contributed by atoms with Crippen LogP contribution < -0.4 is 10.6 Å². The summed E-state index contributed by atoms with van der Waals surface area (Å²) in [5.41, 5.74) is 0. The first-order valence-electron chi connectivity index (χ1n) is 2.11. The second-order valence-corrected chi connectivity index (χ2v) is 3.40. The molecule has 0 aliphatic rings. The molecule has 5 heteroatoms. The summed E-state index contributed by atoms with van der Waals surface area (Å²) in [5.74, 6) is 0. The Labute approximate surface area is 59.3 Å². The van der Waals surface area contributed by atoms with E-state index in [1.54, 1.807) is 10.8 Å². The molecule has 1 aromatic heterocycles. The molecule has 1 heterocycles. The average Bonchev–Trinajstić information content (AvgIpc) is 2.33. The van der Waals surface area contributed by atoms with Gasteiger partial charge in [0, 0.05) is 10.8 Å². The zero-order chi connectivity index (χ0) is 6.69. The van der Waals surface area contributed by atoms with Crippen LogP contribution in [0.4, 0.5) is 0 Å². The van der Waals surface area contributed by atoms with E-state index in [4.69, 9.17) is 0 Å². The van der Waals surface area contributed by atoms with Crippen molar-refractivity contribution in [1.82, 2.24) is 0 Å². The van der Waals surface area contributed by atoms with Crippen molar-refractivity contribution in [3.05, 3.63) is 10.8 Å². The van der Waals surface area contributed by atoms with E-state index in [2.05, 4.69) is 0 Å². The molecule has 0 saturated heterocycles. The maximum atomic E-state index is 10.2. The fourth-order valence-corrected chi connectivity index (χ4v) is 2.45. The molecule has 0 aliphatic heterocycles. The molecule has 0 unspecified atom stereocenters. The van der Waals surface area contributed by atoms with Gasteiger partial charge in [0.2, 0.25) is 0 Å². The molecule has 46 valence electrons. The highest BCUT2D eigenvalue weighted by atomic mass is 32.1. The Morgan fingerprint density at radius 1 is 1.11 bits per heavy atom. The summed E-state index contributed by atoms with van der Waals surface area (Å²) < 4.78 is 20.4. The molecular formula is C4H2O2P2S. The van der Waals surface area contributed by atoms with E-state index >= 15 is 0 Å². The predicted octanol–water partition coefficient (Wildman–Crippen LogP) is 1.58. The fourth-order valence-electron chi connectivity index (χ4n) is 0.420. The third-order valence-corrected chi connectivity index (χ3v) is 3.22. The maximum absolute atomic E-state index is 10.2. The van der Waals surface area contributed by atoms with E-state index in [9.17, 15) is 9.13 Å². The van der Waals surface area contributed by atoms with Gasteiger partial charge in [-0.15, -0.1) is 0 Å². The van der Waals surface area contributed by atoms with Crippen molar-refractivity contribution in [2.75, 3.05) is 0 Å². The van der Waals surface area contributed by atoms with E-state index in [0.717, 1.165) is 0 Å². The lowest BCUT2D eigenvalue weighted by Crippen LogP contribution is -2.04. The van der Waals surface area contributed by atoms with E-state index in [1.165, 1.54) is 11.3 Å². The van der Waals surface area contributed by atoms with Gasteiger partial charge in [0.25, 0.3) is 0 Å². The molecule has 0 N–H and O–H groups in total. The summed E-state index contributed by atoms with van der Waals surface area (Å²) in [6.07, 6.45) is 0. The number of thiophene rings is 1. The molecule has 0 aliphatic carbocycles. The van der Waals surface area contributed by atoms with Crippen LogP contribution in [0.2, 0.25) is 0 Å². The van der Waals surface area contributed by atoms with Crippen LogP contribution >= 0.6 is 28.3 Å². The van der Waals surface area contributed by atoms with Crippen LogP contribution in [0.15, 0.2) is 10.8 Å². The Balaban J connectivity index is 3.12. The molecule has 0 spiro atoms. The minimum Gasteiger partial charge on any atom is -0.269 e. The molecule has 0 fully saturated rings. The topological polar surface area (TPSA) is 34.1 Å². The molecule has 2 nitrogen and oxygen atoms in total. The molecule has 0 bridgehead atoms. The molecule has 0 atom stereocenters. The maximum Gasteiger partial charge on any atom is 0.194 e. The predicted molar refractivity (Wildman–Crippen MR) is 38.8 cm³/mol. The highest BCUT2D eigenvalue weighted by Crippen LogP contribution is 2.04. The van der Waals surface area contributed by atoms with Gasteiger partial charge in [-0.1, -0.05) is 0 Å². The lowest BCUT2D eigenvalue weighted by molar-refractivity contribution is 0.601. The van der Waals surface area contributed by atoms with Gasteiger partial charge in [0.05, 0.1) is 10.6 Å². The Morgan fingerprint density at radius 2 is 1.56 bits per heavy atom. The minimum absolute atomic E-state index is 0.0531. The van der Waals surface area contributed by atoms with Gasteiger partial charge < -0.3 is 0 Å². The van der Waals surface area contributed by atoms with Gasteiger partial charge in [0.15, 0.2) is 16.9 Å². The third-order valence-electron chi connectivity index (χ3n) is 0.818. The van der Waals surface area contributed by atoms with Crippen molar-refractivity contribution in [1.29, 1.82) is 0 Å². The van der Waals surface area contributed by atoms with Crippen molar-refractivity contribution >= 4 is 38.9 Å². The molecule has 0 radical (unpaired) electrons. The first-order chi connectivity index (χ1) is 4.38. The zero-order valence-electron chi connectivity index (χ0n) is 4.27. The average molecular weight is 176 g/mol. The first kappa shape index (κ1) is 7.01. The van der Waals surface area contributed by atoms with E-state index in [-0.39, 0.29) is 16.9 Å². The van der Waals surface area contributed by atoms with Crippen LogP contribution in [0, 0.1) is 0 Å². The summed E-state index contributed by atoms with van der Waals surface area (Å²) in [7, 11) is -0.106. The Hall–Kier alpha value is -0.100. The molecule has 1 aromatic rings. The van der Waals surface area contributed by atoms with Crippen molar-refractivity contribution in [3.63, 3.8) is 0 Å². The van der Waals surface area contributed by atoms with Gasteiger partial charge in [0.1, 0.15) is 0 Å². The third kappa shape index (κ3) is 1.42. The lowest BCUT2D eigenvalue weighted by Gasteiger charge is -1.75. The minimum atomic E-state index is -0.0531. The van der Waals surface area contributed by atoms with Crippen molar-refractivity contribution in [2.45, 2.75) is 0 Å². The first-order valence-corrected chi connectivity index (χ1v) is 4.68. The van der Waals surface area contributed by atoms with Crippen molar-refractivity contribution in [3.8, 4) is 0 Å². The quantitative estimate of drug-likeness (QED) is 0.641. The van der Waals surface area contributed by atoms with Crippen LogP contribution in [0.25, 0.3) is 0 Å². The van der Waals surface area contributed by atoms with Crippen molar-refractivity contribution in [2.24, 2.45) is 0 Å². The molecule has 0 amide bonds. The van der Waals surface area contributed by atoms with Gasteiger partial charge in [-0.05, 0) is 0 Å². The molecule has 1 rings (SSSR count). The summed E-state index contributed by atoms with van der Waals surface area (Å²) in [4.78, 5) is 0. The van der Waals surface area contributed by atoms with Crippen LogP contribution in [-0.4, -0.2) is 0 Å². The highest BCUT2D eigenvalue weighted by molar-refractivity contribution is 7.44. The van der Waals surface area contributed by atoms with Gasteiger partial charge in [-0.3, -0.25) is 9.13 Å². The Morgan fingerprint density at radius 3 is 1.89 bits per heavy atom. The number of hydrogen-bond acceptors (Lipinski definition) is 3. The lowest BCUT2D eigenvalue weighted by atomic mass is 10.7. The second-order valence-electron chi connectivity index (χ2n) is 1.32. The smallest absolute Gasteiger partial charge is 0.194 e. The Bertz CT molecular complexity index is 210. The summed E-state index contributed by atoms with van der Waals surface area (Å²) in [6.45, 7) is 0. The second kappa shape index (κ2) is 3.17. The normalized spacial score (nSPS) is 10.7. The number of rotatable bonds is 2. The van der Waals surface area contributed by atoms with E-state index < -0.39 is 0 Å². The van der Waals surface area contributed by atoms with Gasteiger partial charge in [-0.2, -0.15) is 11.3 Å². The monoisotopic (exact) mass is 176 g/mol. The van der Waals surface area contributed by atoms with Gasteiger partial charge >= 0.3 is 0 Å². The SMILES string of the molecule is O=Pc1cscc1P=O. The molecule has 0 aromatic carbocycles. The number of hydrogen-bond donors (Lipinski definition) is 0. The van der Waals surface area contributed by atoms with E-state index in [1.807, 2.05) is 0 Å². The summed E-state index contributed by atoms with van der Waals surface area (Å²) >= 11 is 1.40. The van der Waals surface area contributed by atoms with Crippen LogP contribution in [0.3, 0.4) is 0 Å². The standard InChI is InChI=1S/C4H2O2P2S/c5-7-3-1-9-2-4(3)8-6/h1-2H. The fraction of sp³-hybridized carbons (Fsp3) is 0. The zero-order valence-corrected chi connectivity index (χ0v) is 6.88. The van der Waals surface area contributed by atoms with Crippen LogP contribution in [0.1, 0.15) is 0 Å². The summed E-state index contributed by atoms with van der Waals surface area (Å²) in [5, 5.41) is 4.68. The summed E-state index contributed by atoms with van der Waals surface area (Å²) in [6, 6.07) is 0. The van der Waals surface area contributed by atoms with E-state index in [0.29, 0.717) is 10.6 Å². The highest BCUT2D eigenvalue weighted by Gasteiger charge is 2.00. The molecule has 0 saturated carbocycles.